The van der Waals surface area contributed by atoms with Crippen LogP contribution in [0.15, 0.2) is 47.1 Å². The molecule has 0 spiro atoms. The summed E-state index contributed by atoms with van der Waals surface area (Å²) in [5.41, 5.74) is 2.91. The van der Waals surface area contributed by atoms with Crippen molar-refractivity contribution in [2.75, 3.05) is 6.54 Å². The van der Waals surface area contributed by atoms with E-state index in [-0.39, 0.29) is 0 Å². The van der Waals surface area contributed by atoms with Gasteiger partial charge in [0.25, 0.3) is 0 Å². The number of hydrogen-bond acceptors (Lipinski definition) is 2. The Labute approximate surface area is 127 Å². The molecule has 1 aromatic carbocycles. The van der Waals surface area contributed by atoms with Gasteiger partial charge < -0.3 is 9.73 Å². The maximum Gasteiger partial charge on any atom is 0.103 e. The quantitative estimate of drug-likeness (QED) is 0.787. The molecule has 2 nitrogen and oxygen atoms in total. The van der Waals surface area contributed by atoms with Crippen molar-refractivity contribution >= 4 is 0 Å². The molecule has 112 valence electrons. The van der Waals surface area contributed by atoms with E-state index in [0.717, 1.165) is 31.1 Å². The van der Waals surface area contributed by atoms with E-state index < -0.39 is 0 Å². The number of hydrogen-bond donors (Lipinski definition) is 1. The summed E-state index contributed by atoms with van der Waals surface area (Å²) in [5, 5.41) is 3.60. The predicted molar refractivity (Wildman–Crippen MR) is 86.5 cm³/mol. The third-order valence-electron chi connectivity index (χ3n) is 4.63. The molecule has 2 aromatic rings. The van der Waals surface area contributed by atoms with Crippen LogP contribution in [0.4, 0.5) is 0 Å². The summed E-state index contributed by atoms with van der Waals surface area (Å²) in [6.07, 6.45) is 7.95. The molecule has 1 heterocycles. The summed E-state index contributed by atoms with van der Waals surface area (Å²) < 4.78 is 5.44. The average molecular weight is 283 g/mol. The molecule has 1 atom stereocenters. The van der Waals surface area contributed by atoms with Gasteiger partial charge in [-0.15, -0.1) is 0 Å². The second-order valence-corrected chi connectivity index (χ2v) is 6.02. The summed E-state index contributed by atoms with van der Waals surface area (Å²) in [7, 11) is 0. The smallest absolute Gasteiger partial charge is 0.103 e. The van der Waals surface area contributed by atoms with E-state index in [4.69, 9.17) is 4.42 Å². The van der Waals surface area contributed by atoms with E-state index in [1.165, 1.54) is 30.4 Å². The maximum atomic E-state index is 5.44. The molecule has 1 aliphatic rings. The lowest BCUT2D eigenvalue weighted by molar-refractivity contribution is 0.419. The predicted octanol–water partition coefficient (Wildman–Crippen LogP) is 4.83. The van der Waals surface area contributed by atoms with Crippen LogP contribution in [0.1, 0.15) is 61.5 Å². The van der Waals surface area contributed by atoms with Gasteiger partial charge in [0.05, 0.1) is 6.26 Å². The van der Waals surface area contributed by atoms with Crippen LogP contribution in [0.5, 0.6) is 0 Å². The van der Waals surface area contributed by atoms with Crippen molar-refractivity contribution in [2.24, 2.45) is 0 Å². The van der Waals surface area contributed by atoms with Crippen LogP contribution in [0.3, 0.4) is 0 Å². The van der Waals surface area contributed by atoms with E-state index in [0.29, 0.717) is 6.04 Å². The van der Waals surface area contributed by atoms with Crippen molar-refractivity contribution < 1.29 is 4.42 Å². The molecule has 1 fully saturated rings. The Hall–Kier alpha value is -1.54. The Morgan fingerprint density at radius 3 is 2.57 bits per heavy atom. The first-order chi connectivity index (χ1) is 10.4. The highest BCUT2D eigenvalue weighted by Gasteiger charge is 2.19. The zero-order valence-electron chi connectivity index (χ0n) is 12.8. The lowest BCUT2D eigenvalue weighted by Gasteiger charge is -2.26. The molecule has 1 saturated carbocycles. The van der Waals surface area contributed by atoms with Crippen molar-refractivity contribution in [1.82, 2.24) is 5.32 Å². The van der Waals surface area contributed by atoms with Crippen LogP contribution >= 0.6 is 0 Å². The molecule has 0 amide bonds. The van der Waals surface area contributed by atoms with Gasteiger partial charge in [0.15, 0.2) is 0 Å². The molecule has 1 aromatic heterocycles. The van der Waals surface area contributed by atoms with Crippen LogP contribution in [0.2, 0.25) is 0 Å². The van der Waals surface area contributed by atoms with Gasteiger partial charge >= 0.3 is 0 Å². The van der Waals surface area contributed by atoms with Crippen LogP contribution in [0, 0.1) is 0 Å². The zero-order valence-corrected chi connectivity index (χ0v) is 12.8. The molecule has 3 rings (SSSR count). The Balaban J connectivity index is 1.64. The summed E-state index contributed by atoms with van der Waals surface area (Å²) >= 11 is 0. The van der Waals surface area contributed by atoms with Gasteiger partial charge in [0, 0.05) is 12.5 Å². The summed E-state index contributed by atoms with van der Waals surface area (Å²) in [5.74, 6) is 1.89. The van der Waals surface area contributed by atoms with Crippen LogP contribution < -0.4 is 5.32 Å². The van der Waals surface area contributed by atoms with E-state index in [9.17, 15) is 0 Å². The first-order valence-corrected chi connectivity index (χ1v) is 8.22. The number of nitrogens with one attached hydrogen (secondary N) is 1. The standard InChI is InChI=1S/C19H25NO/c1-2-20-19(13-12-18-7-4-14-21-18)17-10-8-16(9-11-17)15-5-3-6-15/h4,7-11,14-15,19-20H,2-3,5-6,12-13H2,1H3. The van der Waals surface area contributed by atoms with Crippen LogP contribution in [0.25, 0.3) is 0 Å². The lowest BCUT2D eigenvalue weighted by atomic mass is 9.80. The fourth-order valence-electron chi connectivity index (χ4n) is 3.12. The molecule has 21 heavy (non-hydrogen) atoms. The van der Waals surface area contributed by atoms with Crippen LogP contribution in [-0.2, 0) is 6.42 Å². The highest BCUT2D eigenvalue weighted by molar-refractivity contribution is 5.28. The van der Waals surface area contributed by atoms with Gasteiger partial charge in [-0.3, -0.25) is 0 Å². The second kappa shape index (κ2) is 6.95. The molecule has 2 heteroatoms. The van der Waals surface area contributed by atoms with Gasteiger partial charge in [-0.25, -0.2) is 0 Å². The van der Waals surface area contributed by atoms with Crippen molar-refractivity contribution in [3.8, 4) is 0 Å². The summed E-state index contributed by atoms with van der Waals surface area (Å²) in [6.45, 7) is 3.16. The van der Waals surface area contributed by atoms with Crippen molar-refractivity contribution in [3.05, 3.63) is 59.5 Å². The molecular weight excluding hydrogens is 258 g/mol. The molecule has 0 bridgehead atoms. The number of benzene rings is 1. The van der Waals surface area contributed by atoms with Crippen molar-refractivity contribution in [1.29, 1.82) is 0 Å². The Morgan fingerprint density at radius 1 is 1.19 bits per heavy atom. The van der Waals surface area contributed by atoms with Crippen molar-refractivity contribution in [3.63, 3.8) is 0 Å². The fourth-order valence-corrected chi connectivity index (χ4v) is 3.12. The van der Waals surface area contributed by atoms with Gasteiger partial charge in [-0.2, -0.15) is 0 Å². The highest BCUT2D eigenvalue weighted by atomic mass is 16.3. The normalized spacial score (nSPS) is 16.6. The van der Waals surface area contributed by atoms with Crippen molar-refractivity contribution in [2.45, 2.75) is 51.0 Å². The lowest BCUT2D eigenvalue weighted by Crippen LogP contribution is -2.21. The largest absolute Gasteiger partial charge is 0.469 e. The highest BCUT2D eigenvalue weighted by Crippen LogP contribution is 2.36. The Kier molecular flexibility index (Phi) is 4.76. The minimum Gasteiger partial charge on any atom is -0.469 e. The molecular formula is C19H25NO. The first-order valence-electron chi connectivity index (χ1n) is 8.22. The topological polar surface area (TPSA) is 25.2 Å². The first kappa shape index (κ1) is 14.4. The molecule has 1 unspecified atom stereocenters. The Bertz CT molecular complexity index is 525. The minimum atomic E-state index is 0.413. The molecule has 1 aliphatic carbocycles. The molecule has 0 saturated heterocycles. The third-order valence-corrected chi connectivity index (χ3v) is 4.63. The van der Waals surface area contributed by atoms with E-state index >= 15 is 0 Å². The van der Waals surface area contributed by atoms with Gasteiger partial charge in [-0.1, -0.05) is 37.6 Å². The number of aryl methyl sites for hydroxylation is 1. The van der Waals surface area contributed by atoms with Crippen LogP contribution in [-0.4, -0.2) is 6.54 Å². The number of furan rings is 1. The Morgan fingerprint density at radius 2 is 2.00 bits per heavy atom. The maximum absolute atomic E-state index is 5.44. The molecule has 0 radical (unpaired) electrons. The van der Waals surface area contributed by atoms with Gasteiger partial charge in [-0.05, 0) is 55.0 Å². The van der Waals surface area contributed by atoms with Gasteiger partial charge in [0.1, 0.15) is 5.76 Å². The summed E-state index contributed by atoms with van der Waals surface area (Å²) in [6, 6.07) is 13.7. The monoisotopic (exact) mass is 283 g/mol. The third kappa shape index (κ3) is 3.56. The van der Waals surface area contributed by atoms with E-state index in [1.807, 2.05) is 6.07 Å². The average Bonchev–Trinajstić information content (AvgIpc) is 2.96. The molecule has 1 N–H and O–H groups in total. The zero-order chi connectivity index (χ0) is 14.5. The van der Waals surface area contributed by atoms with E-state index in [1.54, 1.807) is 6.26 Å². The number of rotatable bonds is 7. The SMILES string of the molecule is CCNC(CCc1ccco1)c1ccc(C2CCC2)cc1. The van der Waals surface area contributed by atoms with E-state index in [2.05, 4.69) is 42.6 Å². The molecule has 0 aliphatic heterocycles. The van der Waals surface area contributed by atoms with Gasteiger partial charge in [0.2, 0.25) is 0 Å². The summed E-state index contributed by atoms with van der Waals surface area (Å²) in [4.78, 5) is 0. The fraction of sp³-hybridized carbons (Fsp3) is 0.474. The minimum absolute atomic E-state index is 0.413. The second-order valence-electron chi connectivity index (χ2n) is 6.02.